The Morgan fingerprint density at radius 2 is 2.13 bits per heavy atom. The van der Waals surface area contributed by atoms with Gasteiger partial charge < -0.3 is 9.88 Å². The Labute approximate surface area is 90.1 Å². The molecule has 0 atom stereocenters. The van der Waals surface area contributed by atoms with Gasteiger partial charge in [-0.3, -0.25) is 4.79 Å². The Hall–Kier alpha value is -1.09. The van der Waals surface area contributed by atoms with Crippen LogP contribution >= 0.6 is 0 Å². The summed E-state index contributed by atoms with van der Waals surface area (Å²) in [5.41, 5.74) is 1.42. The van der Waals surface area contributed by atoms with Gasteiger partial charge in [0, 0.05) is 18.8 Å². The second-order valence-electron chi connectivity index (χ2n) is 4.11. The van der Waals surface area contributed by atoms with Gasteiger partial charge in [-0.2, -0.15) is 0 Å². The van der Waals surface area contributed by atoms with E-state index in [1.807, 2.05) is 19.2 Å². The standard InChI is InChI=1S/C12H18N2O/c1-2-14-9-11(3-4-12(14)15)10-5-7-13-8-6-10/h3-4,9-10,13H,2,5-8H2,1H3. The van der Waals surface area contributed by atoms with Gasteiger partial charge in [0.05, 0.1) is 0 Å². The highest BCUT2D eigenvalue weighted by atomic mass is 16.1. The molecule has 1 aromatic heterocycles. The number of pyridine rings is 1. The summed E-state index contributed by atoms with van der Waals surface area (Å²) >= 11 is 0. The van der Waals surface area contributed by atoms with Crippen molar-refractivity contribution in [2.75, 3.05) is 13.1 Å². The van der Waals surface area contributed by atoms with E-state index in [-0.39, 0.29) is 5.56 Å². The number of hydrogen-bond acceptors (Lipinski definition) is 2. The molecular formula is C12H18N2O. The lowest BCUT2D eigenvalue weighted by molar-refractivity contribution is 0.457. The molecule has 2 rings (SSSR count). The van der Waals surface area contributed by atoms with Crippen molar-refractivity contribution in [3.8, 4) is 0 Å². The van der Waals surface area contributed by atoms with Crippen LogP contribution in [0.15, 0.2) is 23.1 Å². The summed E-state index contributed by atoms with van der Waals surface area (Å²) in [6.07, 6.45) is 4.39. The topological polar surface area (TPSA) is 34.0 Å². The fourth-order valence-corrected chi connectivity index (χ4v) is 2.19. The highest BCUT2D eigenvalue weighted by Gasteiger charge is 2.15. The van der Waals surface area contributed by atoms with Gasteiger partial charge in [-0.15, -0.1) is 0 Å². The predicted octanol–water partition coefficient (Wildman–Crippen LogP) is 1.34. The Morgan fingerprint density at radius 1 is 1.40 bits per heavy atom. The van der Waals surface area contributed by atoms with Gasteiger partial charge in [-0.05, 0) is 44.3 Å². The van der Waals surface area contributed by atoms with E-state index in [9.17, 15) is 4.79 Å². The lowest BCUT2D eigenvalue weighted by atomic mass is 9.91. The molecule has 0 bridgehead atoms. The van der Waals surface area contributed by atoms with E-state index in [4.69, 9.17) is 0 Å². The van der Waals surface area contributed by atoms with Crippen molar-refractivity contribution in [3.63, 3.8) is 0 Å². The van der Waals surface area contributed by atoms with E-state index in [0.29, 0.717) is 5.92 Å². The Kier molecular flexibility index (Phi) is 3.21. The summed E-state index contributed by atoms with van der Waals surface area (Å²) < 4.78 is 1.79. The highest BCUT2D eigenvalue weighted by molar-refractivity contribution is 5.16. The fourth-order valence-electron chi connectivity index (χ4n) is 2.19. The lowest BCUT2D eigenvalue weighted by Crippen LogP contribution is -2.27. The Bertz CT molecular complexity index is 377. The number of piperidine rings is 1. The summed E-state index contributed by atoms with van der Waals surface area (Å²) in [5, 5.41) is 3.36. The van der Waals surface area contributed by atoms with E-state index in [1.165, 1.54) is 18.4 Å². The summed E-state index contributed by atoms with van der Waals surface area (Å²) in [4.78, 5) is 11.4. The zero-order chi connectivity index (χ0) is 10.7. The van der Waals surface area contributed by atoms with Crippen molar-refractivity contribution in [1.82, 2.24) is 9.88 Å². The Morgan fingerprint density at radius 3 is 2.80 bits per heavy atom. The van der Waals surface area contributed by atoms with Crippen LogP contribution in [-0.4, -0.2) is 17.7 Å². The van der Waals surface area contributed by atoms with E-state index in [1.54, 1.807) is 10.6 Å². The third-order valence-electron chi connectivity index (χ3n) is 3.16. The fraction of sp³-hybridized carbons (Fsp3) is 0.583. The van der Waals surface area contributed by atoms with Crippen molar-refractivity contribution in [2.45, 2.75) is 32.2 Å². The molecule has 15 heavy (non-hydrogen) atoms. The summed E-state index contributed by atoms with van der Waals surface area (Å²) in [6, 6.07) is 3.69. The van der Waals surface area contributed by atoms with Crippen molar-refractivity contribution in [1.29, 1.82) is 0 Å². The van der Waals surface area contributed by atoms with Crippen molar-refractivity contribution >= 4 is 0 Å². The monoisotopic (exact) mass is 206 g/mol. The van der Waals surface area contributed by atoms with Gasteiger partial charge in [0.25, 0.3) is 5.56 Å². The van der Waals surface area contributed by atoms with Crippen LogP contribution in [0.2, 0.25) is 0 Å². The molecule has 1 N–H and O–H groups in total. The first-order valence-corrected chi connectivity index (χ1v) is 5.72. The minimum Gasteiger partial charge on any atom is -0.317 e. The molecule has 3 nitrogen and oxygen atoms in total. The second kappa shape index (κ2) is 4.62. The molecule has 0 unspecified atom stereocenters. The van der Waals surface area contributed by atoms with Gasteiger partial charge >= 0.3 is 0 Å². The maximum Gasteiger partial charge on any atom is 0.250 e. The predicted molar refractivity (Wildman–Crippen MR) is 61.2 cm³/mol. The molecule has 1 fully saturated rings. The van der Waals surface area contributed by atoms with Crippen LogP contribution in [0.4, 0.5) is 0 Å². The largest absolute Gasteiger partial charge is 0.317 e. The normalized spacial score (nSPS) is 17.9. The minimum atomic E-state index is 0.107. The van der Waals surface area contributed by atoms with Gasteiger partial charge in [-0.1, -0.05) is 6.07 Å². The van der Waals surface area contributed by atoms with Crippen LogP contribution < -0.4 is 10.9 Å². The van der Waals surface area contributed by atoms with E-state index in [0.717, 1.165) is 19.6 Å². The zero-order valence-electron chi connectivity index (χ0n) is 9.20. The SMILES string of the molecule is CCn1cc(C2CCNCC2)ccc1=O. The van der Waals surface area contributed by atoms with Gasteiger partial charge in [0.1, 0.15) is 0 Å². The molecule has 1 aliphatic heterocycles. The van der Waals surface area contributed by atoms with Gasteiger partial charge in [0.15, 0.2) is 0 Å². The zero-order valence-corrected chi connectivity index (χ0v) is 9.20. The van der Waals surface area contributed by atoms with E-state index < -0.39 is 0 Å². The van der Waals surface area contributed by atoms with Crippen LogP contribution in [0.5, 0.6) is 0 Å². The number of rotatable bonds is 2. The molecular weight excluding hydrogens is 188 g/mol. The number of aromatic nitrogens is 1. The first kappa shape index (κ1) is 10.4. The van der Waals surface area contributed by atoms with Gasteiger partial charge in [0.2, 0.25) is 0 Å². The van der Waals surface area contributed by atoms with E-state index in [2.05, 4.69) is 5.32 Å². The van der Waals surface area contributed by atoms with Crippen molar-refractivity contribution < 1.29 is 0 Å². The molecule has 0 aliphatic carbocycles. The van der Waals surface area contributed by atoms with Crippen molar-refractivity contribution in [3.05, 3.63) is 34.2 Å². The van der Waals surface area contributed by atoms with Crippen molar-refractivity contribution in [2.24, 2.45) is 0 Å². The van der Waals surface area contributed by atoms with Crippen LogP contribution in [0.3, 0.4) is 0 Å². The third-order valence-corrected chi connectivity index (χ3v) is 3.16. The summed E-state index contributed by atoms with van der Waals surface area (Å²) in [6.45, 7) is 4.96. The number of hydrogen-bond donors (Lipinski definition) is 1. The second-order valence-corrected chi connectivity index (χ2v) is 4.11. The molecule has 3 heteroatoms. The average molecular weight is 206 g/mol. The summed E-state index contributed by atoms with van der Waals surface area (Å²) in [7, 11) is 0. The molecule has 1 saturated heterocycles. The lowest BCUT2D eigenvalue weighted by Gasteiger charge is -2.23. The van der Waals surface area contributed by atoms with Crippen LogP contribution in [0.1, 0.15) is 31.2 Å². The third kappa shape index (κ3) is 2.29. The highest BCUT2D eigenvalue weighted by Crippen LogP contribution is 2.23. The van der Waals surface area contributed by atoms with Crippen LogP contribution in [0, 0.1) is 0 Å². The quantitative estimate of drug-likeness (QED) is 0.792. The first-order valence-electron chi connectivity index (χ1n) is 5.72. The summed E-state index contributed by atoms with van der Waals surface area (Å²) in [5.74, 6) is 0.629. The number of nitrogens with one attached hydrogen (secondary N) is 1. The molecule has 1 aliphatic rings. The molecule has 0 radical (unpaired) electrons. The van der Waals surface area contributed by atoms with Crippen LogP contribution in [0.25, 0.3) is 0 Å². The molecule has 0 saturated carbocycles. The van der Waals surface area contributed by atoms with Gasteiger partial charge in [-0.25, -0.2) is 0 Å². The Balaban J connectivity index is 2.23. The van der Waals surface area contributed by atoms with Crippen LogP contribution in [-0.2, 0) is 6.54 Å². The molecule has 0 amide bonds. The smallest absolute Gasteiger partial charge is 0.250 e. The molecule has 0 spiro atoms. The maximum absolute atomic E-state index is 11.4. The maximum atomic E-state index is 11.4. The number of aryl methyl sites for hydroxylation is 1. The molecule has 2 heterocycles. The number of nitrogens with zero attached hydrogens (tertiary/aromatic N) is 1. The minimum absolute atomic E-state index is 0.107. The molecule has 82 valence electrons. The average Bonchev–Trinajstić information content (AvgIpc) is 2.31. The van der Waals surface area contributed by atoms with E-state index >= 15 is 0 Å². The molecule has 0 aromatic carbocycles. The molecule has 1 aromatic rings. The first-order chi connectivity index (χ1) is 7.31.